The third-order valence-corrected chi connectivity index (χ3v) is 4.40. The molecule has 0 fully saturated rings. The van der Waals surface area contributed by atoms with Crippen molar-refractivity contribution in [1.29, 1.82) is 0 Å². The molecule has 0 aliphatic heterocycles. The third-order valence-electron chi connectivity index (χ3n) is 3.34. The summed E-state index contributed by atoms with van der Waals surface area (Å²) in [5.74, 6) is 0.698. The lowest BCUT2D eigenvalue weighted by atomic mass is 10.2. The van der Waals surface area contributed by atoms with Crippen molar-refractivity contribution in [1.82, 2.24) is 9.97 Å². The van der Waals surface area contributed by atoms with Crippen LogP contribution in [0.4, 0.5) is 0 Å². The maximum Gasteiger partial charge on any atom is 0.192 e. The first kappa shape index (κ1) is 12.4. The summed E-state index contributed by atoms with van der Waals surface area (Å²) in [4.78, 5) is 10.9. The summed E-state index contributed by atoms with van der Waals surface area (Å²) in [5, 5.41) is 2.37. The van der Waals surface area contributed by atoms with E-state index in [1.54, 1.807) is 11.8 Å². The van der Waals surface area contributed by atoms with E-state index < -0.39 is 0 Å². The first-order valence-corrected chi connectivity index (χ1v) is 7.49. The Labute approximate surface area is 126 Å². The first-order chi connectivity index (χ1) is 10.3. The molecule has 2 aromatic carbocycles. The Morgan fingerprint density at radius 2 is 2.05 bits per heavy atom. The predicted molar refractivity (Wildman–Crippen MR) is 84.6 cm³/mol. The van der Waals surface area contributed by atoms with E-state index >= 15 is 0 Å². The predicted octanol–water partition coefficient (Wildman–Crippen LogP) is 4.84. The van der Waals surface area contributed by atoms with Crippen LogP contribution in [0.15, 0.2) is 69.1 Å². The Morgan fingerprint density at radius 3 is 3.00 bits per heavy atom. The molecule has 0 unspecified atom stereocenters. The number of aromatic nitrogens is 2. The summed E-state index contributed by atoms with van der Waals surface area (Å²) < 4.78 is 5.60. The Hall–Kier alpha value is -2.33. The highest BCUT2D eigenvalue weighted by molar-refractivity contribution is 7.99. The lowest BCUT2D eigenvalue weighted by Gasteiger charge is -2.05. The van der Waals surface area contributed by atoms with Crippen LogP contribution in [-0.4, -0.2) is 9.97 Å². The second-order valence-corrected chi connectivity index (χ2v) is 5.93. The van der Waals surface area contributed by atoms with Crippen molar-refractivity contribution in [2.75, 3.05) is 0 Å². The topological polar surface area (TPSA) is 38.9 Å². The number of hydrogen-bond acceptors (Lipinski definition) is 4. The molecule has 0 bridgehead atoms. The summed E-state index contributed by atoms with van der Waals surface area (Å²) in [6, 6.07) is 14.4. The Morgan fingerprint density at radius 1 is 1.10 bits per heavy atom. The van der Waals surface area contributed by atoms with Crippen LogP contribution in [0.2, 0.25) is 0 Å². The van der Waals surface area contributed by atoms with E-state index in [9.17, 15) is 0 Å². The van der Waals surface area contributed by atoms with Crippen LogP contribution in [0.25, 0.3) is 21.9 Å². The van der Waals surface area contributed by atoms with Gasteiger partial charge >= 0.3 is 0 Å². The molecular weight excluding hydrogens is 280 g/mol. The van der Waals surface area contributed by atoms with Crippen LogP contribution < -0.4 is 0 Å². The molecule has 4 aromatic rings. The summed E-state index contributed by atoms with van der Waals surface area (Å²) in [7, 11) is 0. The zero-order valence-corrected chi connectivity index (χ0v) is 12.2. The van der Waals surface area contributed by atoms with E-state index in [0.29, 0.717) is 5.89 Å². The van der Waals surface area contributed by atoms with E-state index in [0.717, 1.165) is 21.4 Å². The highest BCUT2D eigenvalue weighted by Crippen LogP contribution is 2.34. The van der Waals surface area contributed by atoms with Gasteiger partial charge in [0.2, 0.25) is 0 Å². The van der Waals surface area contributed by atoms with E-state index in [4.69, 9.17) is 4.42 Å². The molecule has 0 aliphatic carbocycles. The molecule has 2 aromatic heterocycles. The summed E-state index contributed by atoms with van der Waals surface area (Å²) in [6.07, 6.45) is 3.72. The smallest absolute Gasteiger partial charge is 0.192 e. The SMILES string of the molecule is Cc1nc2ccc(Sc3cccc4cnccc34)cc2o1. The van der Waals surface area contributed by atoms with Gasteiger partial charge in [0.15, 0.2) is 11.5 Å². The minimum atomic E-state index is 0.698. The van der Waals surface area contributed by atoms with Crippen molar-refractivity contribution in [3.05, 3.63) is 60.7 Å². The van der Waals surface area contributed by atoms with Gasteiger partial charge in [-0.25, -0.2) is 4.98 Å². The molecule has 0 saturated heterocycles. The molecule has 4 rings (SSSR count). The molecule has 3 nitrogen and oxygen atoms in total. The fourth-order valence-corrected chi connectivity index (χ4v) is 3.39. The largest absolute Gasteiger partial charge is 0.441 e. The van der Waals surface area contributed by atoms with Gasteiger partial charge in [-0.15, -0.1) is 0 Å². The fourth-order valence-electron chi connectivity index (χ4n) is 2.39. The third kappa shape index (κ3) is 2.28. The van der Waals surface area contributed by atoms with E-state index in [2.05, 4.69) is 40.3 Å². The van der Waals surface area contributed by atoms with Crippen LogP contribution in [0.3, 0.4) is 0 Å². The van der Waals surface area contributed by atoms with Gasteiger partial charge in [-0.1, -0.05) is 23.9 Å². The van der Waals surface area contributed by atoms with E-state index in [1.165, 1.54) is 10.3 Å². The lowest BCUT2D eigenvalue weighted by Crippen LogP contribution is -1.80. The molecule has 0 radical (unpaired) electrons. The molecule has 0 aliphatic rings. The summed E-state index contributed by atoms with van der Waals surface area (Å²) >= 11 is 1.73. The molecule has 0 amide bonds. The van der Waals surface area contributed by atoms with Crippen molar-refractivity contribution >= 4 is 33.6 Å². The second-order valence-electron chi connectivity index (χ2n) is 4.82. The Kier molecular flexibility index (Phi) is 2.89. The molecule has 0 spiro atoms. The number of aryl methyl sites for hydroxylation is 1. The van der Waals surface area contributed by atoms with Crippen LogP contribution in [0, 0.1) is 6.92 Å². The van der Waals surface area contributed by atoms with Crippen molar-refractivity contribution < 1.29 is 4.42 Å². The molecular formula is C17H12N2OS. The van der Waals surface area contributed by atoms with Crippen molar-refractivity contribution in [2.24, 2.45) is 0 Å². The minimum absolute atomic E-state index is 0.698. The Bertz CT molecular complexity index is 940. The number of hydrogen-bond donors (Lipinski definition) is 0. The molecule has 0 N–H and O–H groups in total. The number of benzene rings is 2. The van der Waals surface area contributed by atoms with Crippen LogP contribution >= 0.6 is 11.8 Å². The van der Waals surface area contributed by atoms with Crippen LogP contribution in [-0.2, 0) is 0 Å². The number of fused-ring (bicyclic) bond motifs is 2. The van der Waals surface area contributed by atoms with Gasteiger partial charge in [0.05, 0.1) is 0 Å². The number of nitrogens with zero attached hydrogens (tertiary/aromatic N) is 2. The Balaban J connectivity index is 1.78. The highest BCUT2D eigenvalue weighted by Gasteiger charge is 2.06. The molecule has 21 heavy (non-hydrogen) atoms. The highest BCUT2D eigenvalue weighted by atomic mass is 32.2. The maximum absolute atomic E-state index is 5.60. The zero-order chi connectivity index (χ0) is 14.2. The van der Waals surface area contributed by atoms with Gasteiger partial charge in [0.1, 0.15) is 5.52 Å². The summed E-state index contributed by atoms with van der Waals surface area (Å²) in [5.41, 5.74) is 1.73. The average molecular weight is 292 g/mol. The van der Waals surface area contributed by atoms with Gasteiger partial charge in [0, 0.05) is 34.5 Å². The van der Waals surface area contributed by atoms with Crippen molar-refractivity contribution in [3.8, 4) is 0 Å². The van der Waals surface area contributed by atoms with Gasteiger partial charge in [-0.3, -0.25) is 4.98 Å². The van der Waals surface area contributed by atoms with Crippen molar-refractivity contribution in [3.63, 3.8) is 0 Å². The second kappa shape index (κ2) is 4.90. The lowest BCUT2D eigenvalue weighted by molar-refractivity contribution is 0.560. The van der Waals surface area contributed by atoms with Gasteiger partial charge < -0.3 is 4.42 Å². The zero-order valence-electron chi connectivity index (χ0n) is 11.4. The molecule has 4 heteroatoms. The molecule has 102 valence electrons. The average Bonchev–Trinajstić information content (AvgIpc) is 2.87. The number of oxazole rings is 1. The minimum Gasteiger partial charge on any atom is -0.441 e. The standard InChI is InChI=1S/C17H12N2OS/c1-11-19-15-6-5-13(9-16(15)20-11)21-17-4-2-3-12-10-18-8-7-14(12)17/h2-10H,1H3. The van der Waals surface area contributed by atoms with Gasteiger partial charge in [0.25, 0.3) is 0 Å². The van der Waals surface area contributed by atoms with Crippen LogP contribution in [0.5, 0.6) is 0 Å². The first-order valence-electron chi connectivity index (χ1n) is 6.67. The van der Waals surface area contributed by atoms with E-state index in [-0.39, 0.29) is 0 Å². The number of pyridine rings is 1. The summed E-state index contributed by atoms with van der Waals surface area (Å²) in [6.45, 7) is 1.87. The molecule has 0 saturated carbocycles. The van der Waals surface area contributed by atoms with Gasteiger partial charge in [-0.05, 0) is 35.7 Å². The fraction of sp³-hybridized carbons (Fsp3) is 0.0588. The van der Waals surface area contributed by atoms with E-state index in [1.807, 2.05) is 31.5 Å². The number of rotatable bonds is 2. The monoisotopic (exact) mass is 292 g/mol. The molecule has 2 heterocycles. The molecule has 0 atom stereocenters. The van der Waals surface area contributed by atoms with Gasteiger partial charge in [-0.2, -0.15) is 0 Å². The quantitative estimate of drug-likeness (QED) is 0.530. The maximum atomic E-state index is 5.60. The van der Waals surface area contributed by atoms with Crippen molar-refractivity contribution in [2.45, 2.75) is 16.7 Å². The normalized spacial score (nSPS) is 11.3. The van der Waals surface area contributed by atoms with Crippen LogP contribution in [0.1, 0.15) is 5.89 Å².